The summed E-state index contributed by atoms with van der Waals surface area (Å²) in [6.07, 6.45) is 0. The summed E-state index contributed by atoms with van der Waals surface area (Å²) >= 11 is 7.56. The summed E-state index contributed by atoms with van der Waals surface area (Å²) in [5, 5.41) is 12.0. The standard InChI is InChI=1S/C12H11ClOS/c1-8-4-12(15-7-8)11-3-2-10(13)5-9(11)6-14/h2-5,7,14H,6H2,1H3. The van der Waals surface area contributed by atoms with Crippen molar-refractivity contribution in [3.8, 4) is 10.4 Å². The van der Waals surface area contributed by atoms with E-state index < -0.39 is 0 Å². The number of aryl methyl sites for hydroxylation is 1. The van der Waals surface area contributed by atoms with E-state index in [2.05, 4.69) is 18.4 Å². The number of hydrogen-bond donors (Lipinski definition) is 1. The lowest BCUT2D eigenvalue weighted by Crippen LogP contribution is -1.87. The maximum atomic E-state index is 9.26. The molecule has 78 valence electrons. The van der Waals surface area contributed by atoms with Crippen molar-refractivity contribution in [2.24, 2.45) is 0 Å². The highest BCUT2D eigenvalue weighted by Crippen LogP contribution is 2.31. The minimum Gasteiger partial charge on any atom is -0.392 e. The lowest BCUT2D eigenvalue weighted by Gasteiger charge is -2.05. The Hall–Kier alpha value is -0.830. The molecule has 2 aromatic rings. The van der Waals surface area contributed by atoms with Crippen molar-refractivity contribution in [3.63, 3.8) is 0 Å². The quantitative estimate of drug-likeness (QED) is 0.842. The predicted octanol–water partition coefficient (Wildman–Crippen LogP) is 3.87. The van der Waals surface area contributed by atoms with Crippen molar-refractivity contribution in [3.05, 3.63) is 45.8 Å². The Bertz CT molecular complexity index is 476. The minimum atomic E-state index is 0.0207. The molecule has 0 amide bonds. The monoisotopic (exact) mass is 238 g/mol. The smallest absolute Gasteiger partial charge is 0.0688 e. The van der Waals surface area contributed by atoms with Crippen LogP contribution < -0.4 is 0 Å². The van der Waals surface area contributed by atoms with Gasteiger partial charge in [0, 0.05) is 9.90 Å². The van der Waals surface area contributed by atoms with E-state index in [-0.39, 0.29) is 6.61 Å². The first-order valence-electron chi connectivity index (χ1n) is 4.65. The van der Waals surface area contributed by atoms with E-state index >= 15 is 0 Å². The van der Waals surface area contributed by atoms with Gasteiger partial charge in [-0.25, -0.2) is 0 Å². The summed E-state index contributed by atoms with van der Waals surface area (Å²) in [4.78, 5) is 1.17. The Kier molecular flexibility index (Phi) is 3.10. The Balaban J connectivity index is 2.52. The molecule has 0 bridgehead atoms. The molecule has 1 aromatic heterocycles. The first-order chi connectivity index (χ1) is 7.20. The Morgan fingerprint density at radius 1 is 1.33 bits per heavy atom. The molecule has 0 aliphatic carbocycles. The molecule has 1 N–H and O–H groups in total. The first-order valence-corrected chi connectivity index (χ1v) is 5.91. The van der Waals surface area contributed by atoms with E-state index in [9.17, 15) is 5.11 Å². The van der Waals surface area contributed by atoms with Crippen LogP contribution in [0.1, 0.15) is 11.1 Å². The topological polar surface area (TPSA) is 20.2 Å². The Labute approximate surface area is 98.0 Å². The van der Waals surface area contributed by atoms with Crippen LogP contribution in [0.4, 0.5) is 0 Å². The second-order valence-corrected chi connectivity index (χ2v) is 4.80. The van der Waals surface area contributed by atoms with Gasteiger partial charge in [0.2, 0.25) is 0 Å². The number of aliphatic hydroxyl groups excluding tert-OH is 1. The Morgan fingerprint density at radius 2 is 2.13 bits per heavy atom. The van der Waals surface area contributed by atoms with Crippen LogP contribution in [0, 0.1) is 6.92 Å². The molecule has 0 aliphatic heterocycles. The average molecular weight is 239 g/mol. The second-order valence-electron chi connectivity index (χ2n) is 3.45. The van der Waals surface area contributed by atoms with E-state index in [4.69, 9.17) is 11.6 Å². The molecule has 0 atom stereocenters. The molecular formula is C12H11ClOS. The summed E-state index contributed by atoms with van der Waals surface area (Å²) in [6.45, 7) is 2.08. The van der Waals surface area contributed by atoms with Gasteiger partial charge in [0.25, 0.3) is 0 Å². The van der Waals surface area contributed by atoms with Crippen LogP contribution in [0.25, 0.3) is 10.4 Å². The van der Waals surface area contributed by atoms with Gasteiger partial charge in [-0.15, -0.1) is 11.3 Å². The van der Waals surface area contributed by atoms with Crippen LogP contribution >= 0.6 is 22.9 Å². The van der Waals surface area contributed by atoms with Crippen molar-refractivity contribution >= 4 is 22.9 Å². The van der Waals surface area contributed by atoms with Gasteiger partial charge in [0.1, 0.15) is 0 Å². The third kappa shape index (κ3) is 2.23. The molecule has 1 heterocycles. The number of hydrogen-bond acceptors (Lipinski definition) is 2. The summed E-state index contributed by atoms with van der Waals surface area (Å²) in [7, 11) is 0. The van der Waals surface area contributed by atoms with E-state index in [1.165, 1.54) is 10.4 Å². The zero-order valence-corrected chi connectivity index (χ0v) is 9.90. The highest BCUT2D eigenvalue weighted by Gasteiger charge is 2.06. The lowest BCUT2D eigenvalue weighted by atomic mass is 10.1. The van der Waals surface area contributed by atoms with Gasteiger partial charge in [0.05, 0.1) is 6.61 Å². The van der Waals surface area contributed by atoms with Crippen LogP contribution in [0.15, 0.2) is 29.6 Å². The highest BCUT2D eigenvalue weighted by atomic mass is 35.5. The Morgan fingerprint density at radius 3 is 2.73 bits per heavy atom. The number of rotatable bonds is 2. The third-order valence-corrected chi connectivity index (χ3v) is 3.55. The molecule has 2 rings (SSSR count). The van der Waals surface area contributed by atoms with Crippen LogP contribution in [-0.4, -0.2) is 5.11 Å². The molecule has 0 fully saturated rings. The molecule has 1 nitrogen and oxygen atoms in total. The fourth-order valence-corrected chi connectivity index (χ4v) is 2.66. The van der Waals surface area contributed by atoms with E-state index in [1.54, 1.807) is 11.3 Å². The molecule has 0 spiro atoms. The average Bonchev–Trinajstić information content (AvgIpc) is 2.64. The van der Waals surface area contributed by atoms with Crippen molar-refractivity contribution in [1.29, 1.82) is 0 Å². The van der Waals surface area contributed by atoms with Crippen LogP contribution in [0.5, 0.6) is 0 Å². The fourth-order valence-electron chi connectivity index (χ4n) is 1.51. The van der Waals surface area contributed by atoms with Gasteiger partial charge in [-0.3, -0.25) is 0 Å². The van der Waals surface area contributed by atoms with E-state index in [0.717, 1.165) is 11.1 Å². The molecule has 3 heteroatoms. The second kappa shape index (κ2) is 4.35. The summed E-state index contributed by atoms with van der Waals surface area (Å²) < 4.78 is 0. The number of aliphatic hydroxyl groups is 1. The fraction of sp³-hybridized carbons (Fsp3) is 0.167. The lowest BCUT2D eigenvalue weighted by molar-refractivity contribution is 0.282. The number of thiophene rings is 1. The SMILES string of the molecule is Cc1csc(-c2ccc(Cl)cc2CO)c1. The van der Waals surface area contributed by atoms with E-state index in [0.29, 0.717) is 5.02 Å². The maximum absolute atomic E-state index is 9.26. The van der Waals surface area contributed by atoms with Gasteiger partial charge in [0.15, 0.2) is 0 Å². The van der Waals surface area contributed by atoms with Gasteiger partial charge in [-0.2, -0.15) is 0 Å². The van der Waals surface area contributed by atoms with Gasteiger partial charge < -0.3 is 5.11 Å². The molecule has 0 unspecified atom stereocenters. The molecule has 15 heavy (non-hydrogen) atoms. The first kappa shape index (κ1) is 10.7. The zero-order valence-electron chi connectivity index (χ0n) is 8.33. The van der Waals surface area contributed by atoms with Crippen LogP contribution in [0.2, 0.25) is 5.02 Å². The summed E-state index contributed by atoms with van der Waals surface area (Å²) in [5.41, 5.74) is 3.19. The molecular weight excluding hydrogens is 228 g/mol. The highest BCUT2D eigenvalue weighted by molar-refractivity contribution is 7.13. The van der Waals surface area contributed by atoms with Crippen molar-refractivity contribution < 1.29 is 5.11 Å². The van der Waals surface area contributed by atoms with Crippen molar-refractivity contribution in [2.45, 2.75) is 13.5 Å². The molecule has 0 aliphatic rings. The zero-order chi connectivity index (χ0) is 10.8. The third-order valence-electron chi connectivity index (χ3n) is 2.23. The molecule has 0 saturated heterocycles. The minimum absolute atomic E-state index is 0.0207. The van der Waals surface area contributed by atoms with Crippen LogP contribution in [0.3, 0.4) is 0 Å². The predicted molar refractivity (Wildman–Crippen MR) is 65.4 cm³/mol. The van der Waals surface area contributed by atoms with Crippen molar-refractivity contribution in [1.82, 2.24) is 0 Å². The largest absolute Gasteiger partial charge is 0.392 e. The maximum Gasteiger partial charge on any atom is 0.0688 e. The number of benzene rings is 1. The summed E-state index contributed by atoms with van der Waals surface area (Å²) in [5.74, 6) is 0. The summed E-state index contributed by atoms with van der Waals surface area (Å²) in [6, 6.07) is 7.74. The van der Waals surface area contributed by atoms with E-state index in [1.807, 2.05) is 18.2 Å². The molecule has 0 saturated carbocycles. The molecule has 1 aromatic carbocycles. The molecule has 0 radical (unpaired) electrons. The van der Waals surface area contributed by atoms with Gasteiger partial charge in [-0.1, -0.05) is 17.7 Å². The van der Waals surface area contributed by atoms with Gasteiger partial charge in [-0.05, 0) is 47.2 Å². The van der Waals surface area contributed by atoms with Crippen molar-refractivity contribution in [2.75, 3.05) is 0 Å². The van der Waals surface area contributed by atoms with Crippen LogP contribution in [-0.2, 0) is 6.61 Å². The number of halogens is 1. The van der Waals surface area contributed by atoms with Gasteiger partial charge >= 0.3 is 0 Å². The normalized spacial score (nSPS) is 10.6.